The van der Waals surface area contributed by atoms with E-state index in [0.29, 0.717) is 5.89 Å². The van der Waals surface area contributed by atoms with Crippen molar-refractivity contribution in [2.24, 2.45) is 0 Å². The number of carbonyl (C=O) groups is 1. The van der Waals surface area contributed by atoms with E-state index < -0.39 is 18.8 Å². The van der Waals surface area contributed by atoms with Crippen LogP contribution in [0.3, 0.4) is 0 Å². The average Bonchev–Trinajstić information content (AvgIpc) is 2.92. The van der Waals surface area contributed by atoms with Crippen molar-refractivity contribution < 1.29 is 27.1 Å². The van der Waals surface area contributed by atoms with Crippen LogP contribution in [0.2, 0.25) is 0 Å². The summed E-state index contributed by atoms with van der Waals surface area (Å²) >= 11 is 0. The lowest BCUT2D eigenvalue weighted by molar-refractivity contribution is -0.186. The molecule has 22 heavy (non-hydrogen) atoms. The van der Waals surface area contributed by atoms with Crippen molar-refractivity contribution >= 4 is 5.97 Å². The Balaban J connectivity index is 1.87. The maximum absolute atomic E-state index is 11.9. The molecule has 0 radical (unpaired) electrons. The van der Waals surface area contributed by atoms with Gasteiger partial charge in [-0.3, -0.25) is 4.79 Å². The molecule has 118 valence electrons. The Hall–Kier alpha value is -2.38. The van der Waals surface area contributed by atoms with Gasteiger partial charge in [0.2, 0.25) is 11.8 Å². The number of nitrogens with zero attached hydrogens (tertiary/aromatic N) is 2. The van der Waals surface area contributed by atoms with Crippen LogP contribution in [0.15, 0.2) is 28.7 Å². The van der Waals surface area contributed by atoms with E-state index in [1.165, 1.54) is 0 Å². The Labute approximate surface area is 124 Å². The Bertz CT molecular complexity index is 636. The van der Waals surface area contributed by atoms with Crippen LogP contribution < -0.4 is 0 Å². The fourth-order valence-electron chi connectivity index (χ4n) is 1.61. The van der Waals surface area contributed by atoms with Crippen molar-refractivity contribution in [3.63, 3.8) is 0 Å². The highest BCUT2D eigenvalue weighted by atomic mass is 19.4. The van der Waals surface area contributed by atoms with E-state index in [1.54, 1.807) is 0 Å². The number of rotatable bonds is 5. The summed E-state index contributed by atoms with van der Waals surface area (Å²) in [7, 11) is 0. The summed E-state index contributed by atoms with van der Waals surface area (Å²) in [5.74, 6) is -0.509. The van der Waals surface area contributed by atoms with E-state index in [0.717, 1.165) is 11.1 Å². The van der Waals surface area contributed by atoms with Crippen LogP contribution in [0.1, 0.15) is 17.9 Å². The van der Waals surface area contributed by atoms with Gasteiger partial charge in [0.05, 0.1) is 6.42 Å². The zero-order valence-electron chi connectivity index (χ0n) is 11.7. The second-order valence-electron chi connectivity index (χ2n) is 4.64. The molecule has 0 unspecified atom stereocenters. The monoisotopic (exact) mass is 314 g/mol. The Kier molecular flexibility index (Phi) is 4.79. The molecular weight excluding hydrogens is 301 g/mol. The molecule has 0 saturated heterocycles. The number of benzene rings is 1. The highest BCUT2D eigenvalue weighted by Crippen LogP contribution is 2.19. The maximum Gasteiger partial charge on any atom is 0.422 e. The number of ether oxygens (including phenoxy) is 1. The van der Waals surface area contributed by atoms with Crippen LogP contribution >= 0.6 is 0 Å². The molecule has 5 nitrogen and oxygen atoms in total. The number of carbonyl (C=O) groups excluding carboxylic acids is 1. The van der Waals surface area contributed by atoms with E-state index in [4.69, 9.17) is 4.42 Å². The van der Waals surface area contributed by atoms with Crippen LogP contribution in [-0.4, -0.2) is 28.9 Å². The number of halogens is 3. The van der Waals surface area contributed by atoms with Gasteiger partial charge in [-0.15, -0.1) is 10.2 Å². The summed E-state index contributed by atoms with van der Waals surface area (Å²) in [5, 5.41) is 7.58. The first-order chi connectivity index (χ1) is 10.3. The van der Waals surface area contributed by atoms with Crippen molar-refractivity contribution in [1.82, 2.24) is 10.2 Å². The largest absolute Gasteiger partial charge is 0.456 e. The molecule has 0 fully saturated rings. The van der Waals surface area contributed by atoms with Gasteiger partial charge in [-0.2, -0.15) is 13.2 Å². The number of hydrogen-bond acceptors (Lipinski definition) is 5. The Morgan fingerprint density at radius 1 is 1.23 bits per heavy atom. The summed E-state index contributed by atoms with van der Waals surface area (Å²) in [4.78, 5) is 11.2. The predicted molar refractivity (Wildman–Crippen MR) is 69.8 cm³/mol. The van der Waals surface area contributed by atoms with Gasteiger partial charge in [-0.05, 0) is 19.1 Å². The molecule has 8 heteroatoms. The van der Waals surface area contributed by atoms with Gasteiger partial charge >= 0.3 is 12.1 Å². The standard InChI is InChI=1S/C14H13F3N2O3/c1-9-2-4-10(5-3-9)13-19-18-11(22-13)6-7-12(20)21-8-14(15,16)17/h2-5H,6-8H2,1H3. The molecule has 0 aliphatic heterocycles. The van der Waals surface area contributed by atoms with E-state index in [9.17, 15) is 18.0 Å². The third kappa shape index (κ3) is 4.87. The lowest BCUT2D eigenvalue weighted by atomic mass is 10.1. The van der Waals surface area contributed by atoms with Gasteiger partial charge in [-0.1, -0.05) is 17.7 Å². The number of esters is 1. The quantitative estimate of drug-likeness (QED) is 0.794. The highest BCUT2D eigenvalue weighted by molar-refractivity contribution is 5.69. The normalized spacial score (nSPS) is 11.5. The van der Waals surface area contributed by atoms with E-state index >= 15 is 0 Å². The molecule has 2 rings (SSSR count). The first-order valence-electron chi connectivity index (χ1n) is 6.45. The van der Waals surface area contributed by atoms with Crippen molar-refractivity contribution in [3.05, 3.63) is 35.7 Å². The molecule has 0 aliphatic rings. The number of alkyl halides is 3. The molecule has 1 aromatic carbocycles. The third-order valence-corrected chi connectivity index (χ3v) is 2.71. The van der Waals surface area contributed by atoms with Gasteiger partial charge in [0.15, 0.2) is 6.61 Å². The third-order valence-electron chi connectivity index (χ3n) is 2.71. The molecule has 0 amide bonds. The van der Waals surface area contributed by atoms with Crippen molar-refractivity contribution in [1.29, 1.82) is 0 Å². The average molecular weight is 314 g/mol. The topological polar surface area (TPSA) is 65.2 Å². The SMILES string of the molecule is Cc1ccc(-c2nnc(CCC(=O)OCC(F)(F)F)o2)cc1. The predicted octanol–water partition coefficient (Wildman–Crippen LogP) is 3.08. The van der Waals surface area contributed by atoms with Crippen LogP contribution in [0.25, 0.3) is 11.5 Å². The molecule has 0 atom stereocenters. The minimum atomic E-state index is -4.53. The number of hydrogen-bond donors (Lipinski definition) is 0. The van der Waals surface area contributed by atoms with Gasteiger partial charge < -0.3 is 9.15 Å². The first kappa shape index (κ1) is 16.0. The molecule has 0 spiro atoms. The smallest absolute Gasteiger partial charge is 0.422 e. The van der Waals surface area contributed by atoms with Gasteiger partial charge in [0, 0.05) is 12.0 Å². The number of aromatic nitrogens is 2. The Morgan fingerprint density at radius 3 is 2.55 bits per heavy atom. The summed E-state index contributed by atoms with van der Waals surface area (Å²) in [5.41, 5.74) is 1.81. The maximum atomic E-state index is 11.9. The summed E-state index contributed by atoms with van der Waals surface area (Å²) in [6, 6.07) is 7.38. The summed E-state index contributed by atoms with van der Waals surface area (Å²) in [6.45, 7) is 0.347. The van der Waals surface area contributed by atoms with E-state index in [2.05, 4.69) is 14.9 Å². The molecule has 0 saturated carbocycles. The van der Waals surface area contributed by atoms with Crippen molar-refractivity contribution in [2.75, 3.05) is 6.61 Å². The van der Waals surface area contributed by atoms with Crippen molar-refractivity contribution in [2.45, 2.75) is 25.9 Å². The second-order valence-corrected chi connectivity index (χ2v) is 4.64. The zero-order valence-corrected chi connectivity index (χ0v) is 11.7. The Morgan fingerprint density at radius 2 is 1.91 bits per heavy atom. The van der Waals surface area contributed by atoms with Gasteiger partial charge in [0.1, 0.15) is 0 Å². The molecule has 0 N–H and O–H groups in total. The van der Waals surface area contributed by atoms with Crippen molar-refractivity contribution in [3.8, 4) is 11.5 Å². The lowest BCUT2D eigenvalue weighted by Crippen LogP contribution is -2.20. The van der Waals surface area contributed by atoms with Crippen LogP contribution in [0.4, 0.5) is 13.2 Å². The summed E-state index contributed by atoms with van der Waals surface area (Å²) < 4.78 is 45.1. The minimum Gasteiger partial charge on any atom is -0.456 e. The fourth-order valence-corrected chi connectivity index (χ4v) is 1.61. The fraction of sp³-hybridized carbons (Fsp3) is 0.357. The van der Waals surface area contributed by atoms with Crippen LogP contribution in [0.5, 0.6) is 0 Å². The molecule has 1 aromatic heterocycles. The first-order valence-corrected chi connectivity index (χ1v) is 6.45. The van der Waals surface area contributed by atoms with E-state index in [-0.39, 0.29) is 18.7 Å². The van der Waals surface area contributed by atoms with E-state index in [1.807, 2.05) is 31.2 Å². The molecule has 0 aliphatic carbocycles. The number of aryl methyl sites for hydroxylation is 2. The second kappa shape index (κ2) is 6.59. The van der Waals surface area contributed by atoms with Gasteiger partial charge in [-0.25, -0.2) is 0 Å². The summed E-state index contributed by atoms with van der Waals surface area (Å²) in [6.07, 6.45) is -4.76. The van der Waals surface area contributed by atoms with Gasteiger partial charge in [0.25, 0.3) is 0 Å². The minimum absolute atomic E-state index is 0.0234. The molecular formula is C14H13F3N2O3. The van der Waals surface area contributed by atoms with Crippen LogP contribution in [0, 0.1) is 6.92 Å². The molecule has 2 aromatic rings. The molecule has 1 heterocycles. The highest BCUT2D eigenvalue weighted by Gasteiger charge is 2.29. The van der Waals surface area contributed by atoms with Crippen LogP contribution in [-0.2, 0) is 16.0 Å². The molecule has 0 bridgehead atoms. The zero-order chi connectivity index (χ0) is 16.2. The lowest BCUT2D eigenvalue weighted by Gasteiger charge is -2.06.